The lowest BCUT2D eigenvalue weighted by Crippen LogP contribution is -2.29. The molecule has 1 aliphatic heterocycles. The highest BCUT2D eigenvalue weighted by atomic mass is 35.5. The second-order valence-electron chi connectivity index (χ2n) is 9.17. The molecule has 1 N–H and O–H groups in total. The molecule has 2 heterocycles. The molecule has 1 unspecified atom stereocenters. The second kappa shape index (κ2) is 12.9. The Morgan fingerprint density at radius 3 is 2.57 bits per heavy atom. The molecule has 0 aliphatic carbocycles. The highest BCUT2D eigenvalue weighted by Crippen LogP contribution is 2.44. The number of amides is 1. The lowest BCUT2D eigenvalue weighted by molar-refractivity contribution is -0.132. The number of anilines is 1. The molecular weight excluding hydrogens is 601 g/mol. The van der Waals surface area contributed by atoms with Gasteiger partial charge in [0.15, 0.2) is 15.9 Å². The second-order valence-corrected chi connectivity index (χ2v) is 11.8. The van der Waals surface area contributed by atoms with Crippen LogP contribution in [0, 0.1) is 5.82 Å². The number of aliphatic hydroxyl groups excluding tert-OH is 1. The summed E-state index contributed by atoms with van der Waals surface area (Å²) in [7, 11) is 1.32. The average molecular weight is 626 g/mol. The number of methoxy groups -OCH3 is 1. The number of ketones is 1. The molecule has 216 valence electrons. The molecule has 1 aliphatic rings. The number of aromatic nitrogens is 2. The van der Waals surface area contributed by atoms with Crippen molar-refractivity contribution in [1.82, 2.24) is 10.2 Å². The zero-order valence-corrected chi connectivity index (χ0v) is 24.9. The number of carbonyl (C=O) groups is 2. The standard InChI is InChI=1S/C30H25ClFN3O5S2/c1-3-14-40-20-11-8-17(9-12-20)25-24(26(36)18-10-13-23(39-2)22(32)15-18)27(37)28(38)35(25)29-33-34-30(42-29)41-16-19-6-4-5-7-21(19)31/h4-13,15,25,36H,3,14,16H2,1-2H3/b26-24+. The van der Waals surface area contributed by atoms with Crippen LogP contribution in [0.2, 0.25) is 5.02 Å². The van der Waals surface area contributed by atoms with Gasteiger partial charge in [-0.2, -0.15) is 0 Å². The Morgan fingerprint density at radius 2 is 1.88 bits per heavy atom. The van der Waals surface area contributed by atoms with Crippen molar-refractivity contribution in [2.75, 3.05) is 18.6 Å². The van der Waals surface area contributed by atoms with Crippen molar-refractivity contribution in [1.29, 1.82) is 0 Å². The molecule has 8 nitrogen and oxygen atoms in total. The van der Waals surface area contributed by atoms with Crippen LogP contribution in [0.15, 0.2) is 76.6 Å². The summed E-state index contributed by atoms with van der Waals surface area (Å²) in [4.78, 5) is 28.1. The maximum absolute atomic E-state index is 14.5. The zero-order chi connectivity index (χ0) is 29.8. The highest BCUT2D eigenvalue weighted by Gasteiger charge is 2.48. The Morgan fingerprint density at radius 1 is 1.12 bits per heavy atom. The summed E-state index contributed by atoms with van der Waals surface area (Å²) in [6.07, 6.45) is 0.828. The quantitative estimate of drug-likeness (QED) is 0.0658. The van der Waals surface area contributed by atoms with Crippen LogP contribution in [0.3, 0.4) is 0 Å². The minimum Gasteiger partial charge on any atom is -0.507 e. The Kier molecular flexibility index (Phi) is 9.10. The maximum atomic E-state index is 14.5. The summed E-state index contributed by atoms with van der Waals surface area (Å²) in [5.74, 6) is -1.95. The number of ether oxygens (including phenoxy) is 2. The fraction of sp³-hybridized carbons (Fsp3) is 0.200. The van der Waals surface area contributed by atoms with E-state index in [0.29, 0.717) is 33.0 Å². The Hall–Kier alpha value is -3.93. The molecule has 4 aromatic rings. The first-order valence-electron chi connectivity index (χ1n) is 12.9. The van der Waals surface area contributed by atoms with Crippen molar-refractivity contribution in [3.05, 3.63) is 99.8 Å². The smallest absolute Gasteiger partial charge is 0.301 e. The molecule has 5 rings (SSSR count). The van der Waals surface area contributed by atoms with Crippen molar-refractivity contribution in [2.24, 2.45) is 0 Å². The number of nitrogens with zero attached hydrogens (tertiary/aromatic N) is 3. The van der Waals surface area contributed by atoms with Gasteiger partial charge in [0.05, 0.1) is 25.3 Å². The number of thioether (sulfide) groups is 1. The van der Waals surface area contributed by atoms with E-state index in [1.54, 1.807) is 30.3 Å². The van der Waals surface area contributed by atoms with Gasteiger partial charge in [0, 0.05) is 16.3 Å². The Bertz CT molecular complexity index is 1660. The van der Waals surface area contributed by atoms with E-state index in [2.05, 4.69) is 10.2 Å². The van der Waals surface area contributed by atoms with Gasteiger partial charge >= 0.3 is 5.91 Å². The molecule has 12 heteroatoms. The van der Waals surface area contributed by atoms with Crippen LogP contribution < -0.4 is 14.4 Å². The summed E-state index contributed by atoms with van der Waals surface area (Å²) in [5, 5.41) is 20.5. The Labute approximate surface area is 254 Å². The van der Waals surface area contributed by atoms with Crippen molar-refractivity contribution in [2.45, 2.75) is 29.5 Å². The zero-order valence-electron chi connectivity index (χ0n) is 22.5. The molecule has 1 amide bonds. The molecular formula is C30H25ClFN3O5S2. The SMILES string of the molecule is CCCOc1ccc(C2/C(=C(\O)c3ccc(OC)c(F)c3)C(=O)C(=O)N2c2nnc(SCc3ccccc3Cl)s2)cc1. The molecule has 0 saturated carbocycles. The van der Waals surface area contributed by atoms with E-state index in [9.17, 15) is 19.1 Å². The van der Waals surface area contributed by atoms with Crippen molar-refractivity contribution in [3.8, 4) is 11.5 Å². The maximum Gasteiger partial charge on any atom is 0.301 e. The van der Waals surface area contributed by atoms with Gasteiger partial charge in [0.2, 0.25) is 5.13 Å². The number of hydrogen-bond donors (Lipinski definition) is 1. The Balaban J connectivity index is 1.54. The first-order chi connectivity index (χ1) is 20.3. The average Bonchev–Trinajstić information content (AvgIpc) is 3.57. The first kappa shape index (κ1) is 29.6. The van der Waals surface area contributed by atoms with Gasteiger partial charge in [-0.1, -0.05) is 72.0 Å². The molecule has 1 saturated heterocycles. The van der Waals surface area contributed by atoms with Crippen LogP contribution in [0.1, 0.15) is 36.1 Å². The lowest BCUT2D eigenvalue weighted by atomic mass is 9.95. The van der Waals surface area contributed by atoms with E-state index in [0.717, 1.165) is 29.4 Å². The van der Waals surface area contributed by atoms with Crippen LogP contribution in [-0.2, 0) is 15.3 Å². The summed E-state index contributed by atoms with van der Waals surface area (Å²) < 4.78 is 25.8. The minimum absolute atomic E-state index is 0.0208. The topological polar surface area (TPSA) is 102 Å². The van der Waals surface area contributed by atoms with Crippen LogP contribution in [-0.4, -0.2) is 40.7 Å². The molecule has 42 heavy (non-hydrogen) atoms. The van der Waals surface area contributed by atoms with Crippen LogP contribution >= 0.6 is 34.7 Å². The van der Waals surface area contributed by atoms with Crippen molar-refractivity contribution in [3.63, 3.8) is 0 Å². The van der Waals surface area contributed by atoms with E-state index in [1.165, 1.54) is 35.9 Å². The molecule has 0 bridgehead atoms. The van der Waals surface area contributed by atoms with E-state index in [1.807, 2.05) is 25.1 Å². The van der Waals surface area contributed by atoms with E-state index in [4.69, 9.17) is 21.1 Å². The molecule has 0 spiro atoms. The van der Waals surface area contributed by atoms with E-state index in [-0.39, 0.29) is 22.0 Å². The van der Waals surface area contributed by atoms with Gasteiger partial charge in [-0.15, -0.1) is 10.2 Å². The van der Waals surface area contributed by atoms with E-state index >= 15 is 0 Å². The number of halogens is 2. The minimum atomic E-state index is -1.05. The third-order valence-corrected chi connectivity index (χ3v) is 8.92. The van der Waals surface area contributed by atoms with Gasteiger partial charge in [-0.05, 0) is 53.9 Å². The first-order valence-corrected chi connectivity index (χ1v) is 15.1. The third kappa shape index (κ3) is 5.99. The summed E-state index contributed by atoms with van der Waals surface area (Å²) in [5.41, 5.74) is 1.26. The number of Topliss-reactive ketones (excluding diaryl/α,β-unsaturated/α-hetero) is 1. The predicted molar refractivity (Wildman–Crippen MR) is 161 cm³/mol. The number of benzene rings is 3. The monoisotopic (exact) mass is 625 g/mol. The van der Waals surface area contributed by atoms with Crippen molar-refractivity contribution < 1.29 is 28.6 Å². The normalized spacial score (nSPS) is 16.2. The number of carbonyl (C=O) groups excluding carboxylic acids is 2. The largest absolute Gasteiger partial charge is 0.507 e. The highest BCUT2D eigenvalue weighted by molar-refractivity contribution is 8.00. The van der Waals surface area contributed by atoms with Gasteiger partial charge in [-0.3, -0.25) is 14.5 Å². The summed E-state index contributed by atoms with van der Waals surface area (Å²) in [6.45, 7) is 2.52. The predicted octanol–water partition coefficient (Wildman–Crippen LogP) is 7.05. The molecule has 1 aromatic heterocycles. The van der Waals surface area contributed by atoms with Gasteiger partial charge in [-0.25, -0.2) is 4.39 Å². The third-order valence-electron chi connectivity index (χ3n) is 6.45. The number of rotatable bonds is 10. The fourth-order valence-corrected chi connectivity index (χ4v) is 6.55. The van der Waals surface area contributed by atoms with Crippen LogP contribution in [0.4, 0.5) is 9.52 Å². The summed E-state index contributed by atoms with van der Waals surface area (Å²) >= 11 is 8.81. The van der Waals surface area contributed by atoms with Crippen molar-refractivity contribution >= 4 is 57.3 Å². The van der Waals surface area contributed by atoms with E-state index < -0.39 is 29.3 Å². The molecule has 3 aromatic carbocycles. The number of hydrogen-bond acceptors (Lipinski definition) is 9. The molecule has 1 atom stereocenters. The molecule has 1 fully saturated rings. The van der Waals surface area contributed by atoms with Crippen LogP contribution in [0.5, 0.6) is 11.5 Å². The van der Waals surface area contributed by atoms with Crippen LogP contribution in [0.25, 0.3) is 5.76 Å². The lowest BCUT2D eigenvalue weighted by Gasteiger charge is -2.22. The summed E-state index contributed by atoms with van der Waals surface area (Å²) in [6, 6.07) is 17.1. The van der Waals surface area contributed by atoms with Gasteiger partial charge < -0.3 is 14.6 Å². The van der Waals surface area contributed by atoms with Gasteiger partial charge in [0.1, 0.15) is 11.5 Å². The number of aliphatic hydroxyl groups is 1. The van der Waals surface area contributed by atoms with Gasteiger partial charge in [0.25, 0.3) is 5.78 Å². The molecule has 0 radical (unpaired) electrons. The fourth-order valence-electron chi connectivity index (χ4n) is 4.39.